The van der Waals surface area contributed by atoms with E-state index in [0.717, 1.165) is 44.9 Å². The predicted octanol–water partition coefficient (Wildman–Crippen LogP) is 5.12. The molecule has 1 aliphatic heterocycles. The van der Waals surface area contributed by atoms with Crippen LogP contribution in [0.15, 0.2) is 35.2 Å². The molecular formula is C23H24F4N2O4S. The van der Waals surface area contributed by atoms with E-state index in [1.165, 1.54) is 12.1 Å². The van der Waals surface area contributed by atoms with Gasteiger partial charge < -0.3 is 10.1 Å². The second-order valence-electron chi connectivity index (χ2n) is 8.54. The van der Waals surface area contributed by atoms with Crippen molar-refractivity contribution in [3.8, 4) is 0 Å². The fraction of sp³-hybridized carbons (Fsp3) is 0.435. The maximum absolute atomic E-state index is 14.4. The summed E-state index contributed by atoms with van der Waals surface area (Å²) in [5.41, 5.74) is -1.34. The molecule has 1 aliphatic carbocycles. The molecule has 1 unspecified atom stereocenters. The molecule has 0 radical (unpaired) electrons. The molecule has 1 heterocycles. The molecule has 1 atom stereocenters. The van der Waals surface area contributed by atoms with Crippen LogP contribution in [0.5, 0.6) is 0 Å². The van der Waals surface area contributed by atoms with E-state index in [4.69, 9.17) is 0 Å². The van der Waals surface area contributed by atoms with Gasteiger partial charge in [-0.3, -0.25) is 4.72 Å². The Morgan fingerprint density at radius 3 is 2.41 bits per heavy atom. The summed E-state index contributed by atoms with van der Waals surface area (Å²) in [4.78, 5) is 11.8. The van der Waals surface area contributed by atoms with Crippen molar-refractivity contribution in [1.82, 2.24) is 5.32 Å². The van der Waals surface area contributed by atoms with Crippen LogP contribution in [-0.2, 0) is 20.9 Å². The number of rotatable bonds is 6. The molecule has 0 amide bonds. The highest BCUT2D eigenvalue weighted by Gasteiger charge is 2.37. The molecule has 1 saturated carbocycles. The monoisotopic (exact) mass is 500 g/mol. The average Bonchev–Trinajstić information content (AvgIpc) is 3.64. The Morgan fingerprint density at radius 1 is 1.09 bits per heavy atom. The van der Waals surface area contributed by atoms with Crippen LogP contribution in [-0.4, -0.2) is 28.0 Å². The number of nitrogens with one attached hydrogen (secondary N) is 2. The van der Waals surface area contributed by atoms with Gasteiger partial charge in [-0.05, 0) is 73.5 Å². The van der Waals surface area contributed by atoms with Crippen molar-refractivity contribution in [3.05, 3.63) is 58.4 Å². The zero-order chi connectivity index (χ0) is 24.7. The van der Waals surface area contributed by atoms with E-state index in [-0.39, 0.29) is 27.6 Å². The zero-order valence-electron chi connectivity index (χ0n) is 18.3. The highest BCUT2D eigenvalue weighted by molar-refractivity contribution is 7.92. The molecule has 1 saturated heterocycles. The first-order valence-corrected chi connectivity index (χ1v) is 12.4. The van der Waals surface area contributed by atoms with Crippen LogP contribution in [0.4, 0.5) is 23.2 Å². The minimum Gasteiger partial charge on any atom is -0.465 e. The number of alkyl halides is 3. The second kappa shape index (κ2) is 9.18. The van der Waals surface area contributed by atoms with Crippen molar-refractivity contribution in [1.29, 1.82) is 0 Å². The molecule has 2 fully saturated rings. The molecule has 0 aromatic heterocycles. The fourth-order valence-corrected chi connectivity index (χ4v) is 5.65. The van der Waals surface area contributed by atoms with E-state index in [1.807, 2.05) is 0 Å². The lowest BCUT2D eigenvalue weighted by molar-refractivity contribution is -0.139. The lowest BCUT2D eigenvalue weighted by Gasteiger charge is -2.27. The van der Waals surface area contributed by atoms with Gasteiger partial charge in [0.25, 0.3) is 10.0 Å². The number of carbonyl (C=O) groups excluding carboxylic acids is 1. The predicted molar refractivity (Wildman–Crippen MR) is 117 cm³/mol. The van der Waals surface area contributed by atoms with Gasteiger partial charge in [0.1, 0.15) is 5.82 Å². The van der Waals surface area contributed by atoms with Gasteiger partial charge in [0.2, 0.25) is 0 Å². The largest absolute Gasteiger partial charge is 0.465 e. The van der Waals surface area contributed by atoms with Crippen LogP contribution in [0.3, 0.4) is 0 Å². The number of hydrogen-bond acceptors (Lipinski definition) is 5. The molecular weight excluding hydrogens is 476 g/mol. The quantitative estimate of drug-likeness (QED) is 0.425. The van der Waals surface area contributed by atoms with Gasteiger partial charge in [0, 0.05) is 6.04 Å². The van der Waals surface area contributed by atoms with Gasteiger partial charge in [-0.1, -0.05) is 12.5 Å². The molecule has 2 N–H and O–H groups in total. The number of piperidine rings is 1. The summed E-state index contributed by atoms with van der Waals surface area (Å²) in [6.07, 6.45) is -1.36. The first-order chi connectivity index (χ1) is 16.0. The molecule has 2 aromatic carbocycles. The van der Waals surface area contributed by atoms with Crippen LogP contribution in [0, 0.1) is 5.82 Å². The minimum atomic E-state index is -5.01. The first kappa shape index (κ1) is 24.5. The maximum Gasteiger partial charge on any atom is 0.419 e. The summed E-state index contributed by atoms with van der Waals surface area (Å²) >= 11 is 0. The molecule has 11 heteroatoms. The van der Waals surface area contributed by atoms with E-state index in [9.17, 15) is 30.8 Å². The van der Waals surface area contributed by atoms with E-state index in [1.54, 1.807) is 0 Å². The standard InChI is InChI=1S/C23H24F4N2O4S/c1-33-22(30)14-7-8-15(13-5-6-13)21(10-14)34(31,32)29-20-12-17(23(25,26)27)18(24)11-16(20)19-4-2-3-9-28-19/h7-8,10-13,19,28-29H,2-6,9H2,1H3. The number of benzene rings is 2. The lowest BCUT2D eigenvalue weighted by Crippen LogP contribution is -2.28. The molecule has 2 aromatic rings. The smallest absolute Gasteiger partial charge is 0.419 e. The Balaban J connectivity index is 1.81. The van der Waals surface area contributed by atoms with E-state index in [2.05, 4.69) is 14.8 Å². The third-order valence-electron chi connectivity index (χ3n) is 6.12. The third-order valence-corrected chi connectivity index (χ3v) is 7.54. The van der Waals surface area contributed by atoms with Gasteiger partial charge in [-0.25, -0.2) is 17.6 Å². The number of ether oxygens (including phenoxy) is 1. The van der Waals surface area contributed by atoms with Gasteiger partial charge in [0.15, 0.2) is 0 Å². The highest BCUT2D eigenvalue weighted by Crippen LogP contribution is 2.44. The number of sulfonamides is 1. The summed E-state index contributed by atoms with van der Waals surface area (Å²) in [6.45, 7) is 0.576. The van der Waals surface area contributed by atoms with Crippen molar-refractivity contribution in [2.24, 2.45) is 0 Å². The second-order valence-corrected chi connectivity index (χ2v) is 10.2. The zero-order valence-corrected chi connectivity index (χ0v) is 19.2. The number of carbonyl (C=O) groups is 1. The van der Waals surface area contributed by atoms with Crippen LogP contribution in [0.2, 0.25) is 0 Å². The van der Waals surface area contributed by atoms with Crippen molar-refractivity contribution < 1.29 is 35.5 Å². The number of methoxy groups -OCH3 is 1. The van der Waals surface area contributed by atoms with Crippen LogP contribution >= 0.6 is 0 Å². The number of anilines is 1. The number of hydrogen-bond donors (Lipinski definition) is 2. The molecule has 0 bridgehead atoms. The van der Waals surface area contributed by atoms with Gasteiger partial charge >= 0.3 is 12.1 Å². The van der Waals surface area contributed by atoms with Crippen LogP contribution in [0.1, 0.15) is 71.1 Å². The third kappa shape index (κ3) is 5.05. The average molecular weight is 501 g/mol. The maximum atomic E-state index is 14.4. The van der Waals surface area contributed by atoms with E-state index in [0.29, 0.717) is 24.6 Å². The number of halogens is 4. The van der Waals surface area contributed by atoms with Crippen molar-refractivity contribution >= 4 is 21.7 Å². The Bertz CT molecular complexity index is 1200. The van der Waals surface area contributed by atoms with Crippen molar-refractivity contribution in [2.45, 2.75) is 55.1 Å². The molecule has 184 valence electrons. The topological polar surface area (TPSA) is 84.5 Å². The fourth-order valence-electron chi connectivity index (χ4n) is 4.24. The summed E-state index contributed by atoms with van der Waals surface area (Å²) in [7, 11) is -3.27. The van der Waals surface area contributed by atoms with Gasteiger partial charge in [0.05, 0.1) is 28.8 Å². The molecule has 0 spiro atoms. The van der Waals surface area contributed by atoms with Gasteiger partial charge in [-0.2, -0.15) is 13.2 Å². The van der Waals surface area contributed by atoms with Crippen LogP contribution < -0.4 is 10.0 Å². The molecule has 6 nitrogen and oxygen atoms in total. The van der Waals surface area contributed by atoms with Crippen molar-refractivity contribution in [3.63, 3.8) is 0 Å². The molecule has 34 heavy (non-hydrogen) atoms. The summed E-state index contributed by atoms with van der Waals surface area (Å²) < 4.78 is 88.5. The summed E-state index contributed by atoms with van der Waals surface area (Å²) in [6, 6.07) is 4.88. The molecule has 4 rings (SSSR count). The highest BCUT2D eigenvalue weighted by atomic mass is 32.2. The van der Waals surface area contributed by atoms with Crippen LogP contribution in [0.25, 0.3) is 0 Å². The van der Waals surface area contributed by atoms with E-state index < -0.39 is 39.6 Å². The summed E-state index contributed by atoms with van der Waals surface area (Å²) in [5.74, 6) is -2.24. The Morgan fingerprint density at radius 2 is 1.82 bits per heavy atom. The Hall–Kier alpha value is -2.66. The Kier molecular flexibility index (Phi) is 6.61. The minimum absolute atomic E-state index is 0.00321. The SMILES string of the molecule is COC(=O)c1ccc(C2CC2)c(S(=O)(=O)Nc2cc(C(F)(F)F)c(F)cc2C2CCCCN2)c1. The molecule has 2 aliphatic rings. The van der Waals surface area contributed by atoms with E-state index >= 15 is 0 Å². The first-order valence-electron chi connectivity index (χ1n) is 10.9. The Labute approximate surface area is 194 Å². The summed E-state index contributed by atoms with van der Waals surface area (Å²) in [5, 5.41) is 3.11. The normalized spacial score (nSPS) is 19.0. The van der Waals surface area contributed by atoms with Gasteiger partial charge in [-0.15, -0.1) is 0 Å². The van der Waals surface area contributed by atoms with Crippen molar-refractivity contribution in [2.75, 3.05) is 18.4 Å². The number of esters is 1. The lowest BCUT2D eigenvalue weighted by atomic mass is 9.95.